The molecule has 94 valence electrons. The van der Waals surface area contributed by atoms with Crippen LogP contribution < -0.4 is 21.3 Å². The molecule has 0 aromatic heterocycles. The van der Waals surface area contributed by atoms with Gasteiger partial charge in [0, 0.05) is 7.05 Å². The lowest BCUT2D eigenvalue weighted by Crippen LogP contribution is -2.40. The molecule has 1 atom stereocenters. The predicted molar refractivity (Wildman–Crippen MR) is 61.7 cm³/mol. The molecule has 0 saturated heterocycles. The summed E-state index contributed by atoms with van der Waals surface area (Å²) in [5.74, 6) is -0.814. The number of benzene rings is 1. The summed E-state index contributed by atoms with van der Waals surface area (Å²) in [6, 6.07) is 3.30. The lowest BCUT2D eigenvalue weighted by atomic mass is 10.1. The number of nitrogens with two attached hydrogens (primary N) is 1. The van der Waals surface area contributed by atoms with Crippen molar-refractivity contribution in [2.45, 2.75) is 13.0 Å². The first-order valence-corrected chi connectivity index (χ1v) is 5.24. The molecule has 0 aliphatic carbocycles. The molecule has 5 nitrogen and oxygen atoms in total. The van der Waals surface area contributed by atoms with Gasteiger partial charge in [-0.15, -0.1) is 0 Å². The molecule has 6 heteroatoms. The minimum absolute atomic E-state index is 0.150. The molecular formula is C11H16FN3O2. The Morgan fingerprint density at radius 3 is 2.82 bits per heavy atom. The van der Waals surface area contributed by atoms with Gasteiger partial charge >= 0.3 is 0 Å². The molecule has 4 N–H and O–H groups in total. The summed E-state index contributed by atoms with van der Waals surface area (Å²) in [5.41, 5.74) is 10.8. The number of carbonyl (C=O) groups excluding carboxylic acids is 1. The minimum atomic E-state index is -0.923. The number of hydrazine groups is 1. The molecule has 0 aliphatic heterocycles. The lowest BCUT2D eigenvalue weighted by Gasteiger charge is -2.13. The van der Waals surface area contributed by atoms with Crippen LogP contribution in [0.15, 0.2) is 18.2 Å². The fourth-order valence-corrected chi connectivity index (χ4v) is 1.34. The van der Waals surface area contributed by atoms with Gasteiger partial charge < -0.3 is 10.5 Å². The molecule has 1 rings (SSSR count). The molecule has 0 spiro atoms. The second kappa shape index (κ2) is 6.17. The van der Waals surface area contributed by atoms with Crippen molar-refractivity contribution in [2.75, 3.05) is 13.7 Å². The van der Waals surface area contributed by atoms with Crippen molar-refractivity contribution in [1.82, 2.24) is 10.9 Å². The van der Waals surface area contributed by atoms with Gasteiger partial charge in [-0.3, -0.25) is 10.2 Å². The number of nitrogens with one attached hydrogen (secondary N) is 2. The maximum Gasteiger partial charge on any atom is 0.255 e. The fraction of sp³-hybridized carbons (Fsp3) is 0.364. The third-order valence-corrected chi connectivity index (χ3v) is 2.15. The largest absolute Gasteiger partial charge is 0.491 e. The lowest BCUT2D eigenvalue weighted by molar-refractivity contribution is -0.123. The Balaban J connectivity index is 2.85. The first kappa shape index (κ1) is 13.4. The van der Waals surface area contributed by atoms with Gasteiger partial charge in [-0.05, 0) is 24.6 Å². The molecule has 1 aromatic carbocycles. The topological polar surface area (TPSA) is 76.4 Å². The minimum Gasteiger partial charge on any atom is -0.491 e. The smallest absolute Gasteiger partial charge is 0.255 e. The van der Waals surface area contributed by atoms with Crippen LogP contribution in [-0.2, 0) is 4.79 Å². The van der Waals surface area contributed by atoms with E-state index in [0.717, 1.165) is 0 Å². The number of halogens is 1. The Kier molecular flexibility index (Phi) is 4.86. The van der Waals surface area contributed by atoms with E-state index in [4.69, 9.17) is 10.5 Å². The van der Waals surface area contributed by atoms with Gasteiger partial charge in [0.1, 0.15) is 6.04 Å². The molecule has 1 aromatic rings. The summed E-state index contributed by atoms with van der Waals surface area (Å²) < 4.78 is 18.6. The van der Waals surface area contributed by atoms with E-state index >= 15 is 0 Å². The van der Waals surface area contributed by atoms with E-state index in [1.165, 1.54) is 12.1 Å². The number of carbonyl (C=O) groups is 1. The summed E-state index contributed by atoms with van der Waals surface area (Å²) in [5, 5.41) is 0. The van der Waals surface area contributed by atoms with Gasteiger partial charge in [-0.25, -0.2) is 9.82 Å². The monoisotopic (exact) mass is 241 g/mol. The van der Waals surface area contributed by atoms with Crippen molar-refractivity contribution < 1.29 is 13.9 Å². The molecule has 0 bridgehead atoms. The number of hydrogen-bond acceptors (Lipinski definition) is 4. The molecule has 0 heterocycles. The number of ether oxygens (including phenoxy) is 1. The zero-order valence-corrected chi connectivity index (χ0v) is 9.79. The highest BCUT2D eigenvalue weighted by Gasteiger charge is 2.16. The normalized spacial score (nSPS) is 12.0. The van der Waals surface area contributed by atoms with Crippen LogP contribution in [0.3, 0.4) is 0 Å². The predicted octanol–water partition coefficient (Wildman–Crippen LogP) is 0.475. The van der Waals surface area contributed by atoms with Gasteiger partial charge in [0.2, 0.25) is 0 Å². The Labute approximate surface area is 99.1 Å². The van der Waals surface area contributed by atoms with Crippen LogP contribution >= 0.6 is 0 Å². The molecule has 0 fully saturated rings. The Bertz CT molecular complexity index is 398. The third kappa shape index (κ3) is 3.40. The van der Waals surface area contributed by atoms with Crippen molar-refractivity contribution in [3.05, 3.63) is 29.6 Å². The third-order valence-electron chi connectivity index (χ3n) is 2.15. The number of amides is 1. The fourth-order valence-electron chi connectivity index (χ4n) is 1.34. The molecule has 0 saturated carbocycles. The van der Waals surface area contributed by atoms with Gasteiger partial charge in [0.05, 0.1) is 6.61 Å². The van der Waals surface area contributed by atoms with E-state index in [0.29, 0.717) is 12.2 Å². The molecule has 17 heavy (non-hydrogen) atoms. The standard InChI is InChI=1S/C11H16FN3O2/c1-3-17-9-5-4-7(6-8(9)12)10(13)11(16)15-14-2/h4-6,10,14H,3,13H2,1-2H3,(H,15,16). The second-order valence-electron chi connectivity index (χ2n) is 3.34. The first-order chi connectivity index (χ1) is 8.10. The van der Waals surface area contributed by atoms with E-state index in [-0.39, 0.29) is 5.75 Å². The first-order valence-electron chi connectivity index (χ1n) is 5.24. The van der Waals surface area contributed by atoms with E-state index in [9.17, 15) is 9.18 Å². The number of rotatable bonds is 5. The zero-order valence-electron chi connectivity index (χ0n) is 9.79. The average Bonchev–Trinajstić information content (AvgIpc) is 2.31. The molecular weight excluding hydrogens is 225 g/mol. The summed E-state index contributed by atoms with van der Waals surface area (Å²) in [6.07, 6.45) is 0. The van der Waals surface area contributed by atoms with Crippen molar-refractivity contribution in [1.29, 1.82) is 0 Å². The molecule has 1 unspecified atom stereocenters. The van der Waals surface area contributed by atoms with Crippen LogP contribution in [0.25, 0.3) is 0 Å². The SMILES string of the molecule is CCOc1ccc(C(N)C(=O)NNC)cc1F. The van der Waals surface area contributed by atoms with Gasteiger partial charge in [-0.1, -0.05) is 6.07 Å². The summed E-state index contributed by atoms with van der Waals surface area (Å²) in [7, 11) is 1.55. The van der Waals surface area contributed by atoms with Crippen molar-refractivity contribution in [3.63, 3.8) is 0 Å². The highest BCUT2D eigenvalue weighted by molar-refractivity contribution is 5.82. The summed E-state index contributed by atoms with van der Waals surface area (Å²) in [6.45, 7) is 2.14. The highest BCUT2D eigenvalue weighted by Crippen LogP contribution is 2.21. The van der Waals surface area contributed by atoms with E-state index in [1.54, 1.807) is 20.0 Å². The van der Waals surface area contributed by atoms with E-state index in [2.05, 4.69) is 10.9 Å². The highest BCUT2D eigenvalue weighted by atomic mass is 19.1. The Morgan fingerprint density at radius 1 is 1.59 bits per heavy atom. The Hall–Kier alpha value is -1.66. The van der Waals surface area contributed by atoms with Crippen LogP contribution in [0.2, 0.25) is 0 Å². The summed E-state index contributed by atoms with van der Waals surface area (Å²) in [4.78, 5) is 11.4. The molecule has 1 amide bonds. The van der Waals surface area contributed by atoms with Crippen molar-refractivity contribution in [3.8, 4) is 5.75 Å². The van der Waals surface area contributed by atoms with Crippen LogP contribution in [-0.4, -0.2) is 19.6 Å². The maximum atomic E-state index is 13.5. The number of hydrogen-bond donors (Lipinski definition) is 3. The summed E-state index contributed by atoms with van der Waals surface area (Å²) >= 11 is 0. The van der Waals surface area contributed by atoms with Gasteiger partial charge in [-0.2, -0.15) is 0 Å². The van der Waals surface area contributed by atoms with E-state index in [1.807, 2.05) is 0 Å². The average molecular weight is 241 g/mol. The van der Waals surface area contributed by atoms with E-state index < -0.39 is 17.8 Å². The Morgan fingerprint density at radius 2 is 2.29 bits per heavy atom. The second-order valence-corrected chi connectivity index (χ2v) is 3.34. The van der Waals surface area contributed by atoms with Crippen LogP contribution in [0.1, 0.15) is 18.5 Å². The molecule has 0 radical (unpaired) electrons. The quantitative estimate of drug-likeness (QED) is 0.655. The van der Waals surface area contributed by atoms with Gasteiger partial charge in [0.15, 0.2) is 11.6 Å². The molecule has 0 aliphatic rings. The van der Waals surface area contributed by atoms with Crippen LogP contribution in [0.5, 0.6) is 5.75 Å². The van der Waals surface area contributed by atoms with Crippen LogP contribution in [0.4, 0.5) is 4.39 Å². The van der Waals surface area contributed by atoms with Gasteiger partial charge in [0.25, 0.3) is 5.91 Å². The van der Waals surface area contributed by atoms with Crippen molar-refractivity contribution >= 4 is 5.91 Å². The maximum absolute atomic E-state index is 13.5. The van der Waals surface area contributed by atoms with Crippen molar-refractivity contribution in [2.24, 2.45) is 5.73 Å². The van der Waals surface area contributed by atoms with Crippen LogP contribution in [0, 0.1) is 5.82 Å². The zero-order chi connectivity index (χ0) is 12.8.